The minimum atomic E-state index is -0.417. The van der Waals surface area contributed by atoms with E-state index in [1.807, 2.05) is 6.92 Å². The van der Waals surface area contributed by atoms with Crippen molar-refractivity contribution in [2.75, 3.05) is 13.7 Å². The topological polar surface area (TPSA) is 58.6 Å². The van der Waals surface area contributed by atoms with Crippen LogP contribution >= 0.6 is 0 Å². The molecule has 1 unspecified atom stereocenters. The van der Waals surface area contributed by atoms with Gasteiger partial charge in [0.1, 0.15) is 6.10 Å². The van der Waals surface area contributed by atoms with Gasteiger partial charge in [-0.15, -0.1) is 0 Å². The van der Waals surface area contributed by atoms with E-state index >= 15 is 0 Å². The molecule has 0 aromatic heterocycles. The van der Waals surface area contributed by atoms with Crippen LogP contribution in [0.5, 0.6) is 0 Å². The monoisotopic (exact) mass is 243 g/mol. The Labute approximate surface area is 104 Å². The van der Waals surface area contributed by atoms with Gasteiger partial charge in [0.25, 0.3) is 0 Å². The summed E-state index contributed by atoms with van der Waals surface area (Å²) >= 11 is 0. The van der Waals surface area contributed by atoms with E-state index in [0.29, 0.717) is 6.42 Å². The van der Waals surface area contributed by atoms with Crippen LogP contribution in [0.25, 0.3) is 0 Å². The number of carbonyl (C=O) groups excluding carboxylic acids is 1. The number of ether oxygens (including phenoxy) is 1. The maximum atomic E-state index is 12.0. The first-order valence-corrected chi connectivity index (χ1v) is 6.63. The first-order chi connectivity index (χ1) is 8.17. The molecule has 0 radical (unpaired) electrons. The van der Waals surface area contributed by atoms with Crippen molar-refractivity contribution in [3.8, 4) is 0 Å². The Kier molecular flexibility index (Phi) is 5.92. The molecule has 1 amide bonds. The van der Waals surface area contributed by atoms with E-state index in [4.69, 9.17) is 4.74 Å². The first-order valence-electron chi connectivity index (χ1n) is 6.63. The molecule has 1 fully saturated rings. The normalized spacial score (nSPS) is 21.6. The van der Waals surface area contributed by atoms with Crippen LogP contribution in [0, 0.1) is 0 Å². The summed E-state index contributed by atoms with van der Waals surface area (Å²) in [7, 11) is 1.55. The standard InChI is InChI=1S/C13H25NO3/c1-3-11(17-2)12(16)14-13(10-15)8-6-4-5-7-9-13/h11,15H,3-10H2,1-2H3,(H,14,16). The van der Waals surface area contributed by atoms with E-state index < -0.39 is 11.6 Å². The molecule has 0 bridgehead atoms. The van der Waals surface area contributed by atoms with Crippen LogP contribution < -0.4 is 5.32 Å². The van der Waals surface area contributed by atoms with Gasteiger partial charge in [-0.1, -0.05) is 32.6 Å². The van der Waals surface area contributed by atoms with Crippen LogP contribution in [0.2, 0.25) is 0 Å². The van der Waals surface area contributed by atoms with Crippen molar-refractivity contribution in [1.82, 2.24) is 5.32 Å². The molecule has 0 saturated heterocycles. The molecule has 1 saturated carbocycles. The highest BCUT2D eigenvalue weighted by Gasteiger charge is 2.33. The molecule has 4 nitrogen and oxygen atoms in total. The lowest BCUT2D eigenvalue weighted by molar-refractivity contribution is -0.134. The van der Waals surface area contributed by atoms with Gasteiger partial charge in [-0.3, -0.25) is 4.79 Å². The summed E-state index contributed by atoms with van der Waals surface area (Å²) in [6.07, 6.45) is 6.53. The number of amides is 1. The van der Waals surface area contributed by atoms with E-state index in [-0.39, 0.29) is 12.5 Å². The SMILES string of the molecule is CCC(OC)C(=O)NC1(CO)CCCCCC1. The fourth-order valence-electron chi connectivity index (χ4n) is 2.53. The summed E-state index contributed by atoms with van der Waals surface area (Å²) in [6.45, 7) is 1.95. The highest BCUT2D eigenvalue weighted by molar-refractivity contribution is 5.81. The van der Waals surface area contributed by atoms with Crippen molar-refractivity contribution in [2.24, 2.45) is 0 Å². The smallest absolute Gasteiger partial charge is 0.249 e. The average Bonchev–Trinajstić information content (AvgIpc) is 2.57. The molecular formula is C13H25NO3. The number of hydrogen-bond acceptors (Lipinski definition) is 3. The zero-order valence-electron chi connectivity index (χ0n) is 11.0. The summed E-state index contributed by atoms with van der Waals surface area (Å²) in [5, 5.41) is 12.6. The molecule has 0 aliphatic heterocycles. The number of hydrogen-bond donors (Lipinski definition) is 2. The predicted octanol–water partition coefficient (Wildman–Crippen LogP) is 1.61. The van der Waals surface area contributed by atoms with Gasteiger partial charge in [0.15, 0.2) is 0 Å². The molecule has 4 heteroatoms. The summed E-state index contributed by atoms with van der Waals surface area (Å²) in [5.41, 5.74) is -0.417. The third-order valence-corrected chi connectivity index (χ3v) is 3.70. The first kappa shape index (κ1) is 14.5. The molecule has 2 N–H and O–H groups in total. The van der Waals surface area contributed by atoms with E-state index in [9.17, 15) is 9.90 Å². The molecule has 0 aromatic rings. The maximum absolute atomic E-state index is 12.0. The third kappa shape index (κ3) is 3.96. The Morgan fingerprint density at radius 2 is 1.94 bits per heavy atom. The fourth-order valence-corrected chi connectivity index (χ4v) is 2.53. The van der Waals surface area contributed by atoms with Crippen LogP contribution in [0.1, 0.15) is 51.9 Å². The molecule has 1 aliphatic rings. The molecule has 0 spiro atoms. The van der Waals surface area contributed by atoms with Gasteiger partial charge in [-0.05, 0) is 19.3 Å². The molecule has 1 rings (SSSR count). The number of carbonyl (C=O) groups is 1. The molecule has 1 atom stereocenters. The van der Waals surface area contributed by atoms with Crippen LogP contribution in [0.4, 0.5) is 0 Å². The minimum Gasteiger partial charge on any atom is -0.394 e. The number of aliphatic hydroxyl groups is 1. The second kappa shape index (κ2) is 6.97. The summed E-state index contributed by atoms with van der Waals surface area (Å²) in [4.78, 5) is 12.0. The van der Waals surface area contributed by atoms with Crippen molar-refractivity contribution in [2.45, 2.75) is 63.5 Å². The summed E-state index contributed by atoms with van der Waals surface area (Å²) in [5.74, 6) is -0.0917. The lowest BCUT2D eigenvalue weighted by Gasteiger charge is -2.33. The molecule has 1 aliphatic carbocycles. The zero-order chi connectivity index (χ0) is 12.7. The fraction of sp³-hybridized carbons (Fsp3) is 0.923. The number of methoxy groups -OCH3 is 1. The Bertz CT molecular complexity index is 231. The molecule has 0 aromatic carbocycles. The Morgan fingerprint density at radius 1 is 1.35 bits per heavy atom. The van der Waals surface area contributed by atoms with Crippen LogP contribution in [0.15, 0.2) is 0 Å². The molecule has 0 heterocycles. The Morgan fingerprint density at radius 3 is 2.35 bits per heavy atom. The van der Waals surface area contributed by atoms with E-state index in [2.05, 4.69) is 5.32 Å². The molecule has 100 valence electrons. The lowest BCUT2D eigenvalue weighted by atomic mass is 9.90. The largest absolute Gasteiger partial charge is 0.394 e. The van der Waals surface area contributed by atoms with Crippen molar-refractivity contribution < 1.29 is 14.6 Å². The van der Waals surface area contributed by atoms with Crippen LogP contribution in [-0.4, -0.2) is 36.4 Å². The quantitative estimate of drug-likeness (QED) is 0.721. The van der Waals surface area contributed by atoms with E-state index in [0.717, 1.165) is 25.7 Å². The average molecular weight is 243 g/mol. The zero-order valence-corrected chi connectivity index (χ0v) is 11.0. The number of aliphatic hydroxyl groups excluding tert-OH is 1. The third-order valence-electron chi connectivity index (χ3n) is 3.70. The highest BCUT2D eigenvalue weighted by atomic mass is 16.5. The van der Waals surface area contributed by atoms with Crippen LogP contribution in [0.3, 0.4) is 0 Å². The Balaban J connectivity index is 2.63. The summed E-state index contributed by atoms with van der Waals surface area (Å²) < 4.78 is 5.13. The van der Waals surface area contributed by atoms with Crippen LogP contribution in [-0.2, 0) is 9.53 Å². The second-order valence-corrected chi connectivity index (χ2v) is 4.97. The van der Waals surface area contributed by atoms with Gasteiger partial charge in [0, 0.05) is 7.11 Å². The van der Waals surface area contributed by atoms with Crippen molar-refractivity contribution >= 4 is 5.91 Å². The highest BCUT2D eigenvalue weighted by Crippen LogP contribution is 2.27. The molecular weight excluding hydrogens is 218 g/mol. The lowest BCUT2D eigenvalue weighted by Crippen LogP contribution is -2.54. The van der Waals surface area contributed by atoms with Gasteiger partial charge in [0.2, 0.25) is 5.91 Å². The number of nitrogens with one attached hydrogen (secondary N) is 1. The van der Waals surface area contributed by atoms with Crippen molar-refractivity contribution in [3.05, 3.63) is 0 Å². The molecule has 17 heavy (non-hydrogen) atoms. The second-order valence-electron chi connectivity index (χ2n) is 4.97. The summed E-state index contributed by atoms with van der Waals surface area (Å²) in [6, 6.07) is 0. The van der Waals surface area contributed by atoms with Crippen molar-refractivity contribution in [3.63, 3.8) is 0 Å². The van der Waals surface area contributed by atoms with Gasteiger partial charge in [0.05, 0.1) is 12.1 Å². The maximum Gasteiger partial charge on any atom is 0.249 e. The van der Waals surface area contributed by atoms with E-state index in [1.165, 1.54) is 12.8 Å². The minimum absolute atomic E-state index is 0.0267. The predicted molar refractivity (Wildman–Crippen MR) is 66.7 cm³/mol. The van der Waals surface area contributed by atoms with Gasteiger partial charge < -0.3 is 15.2 Å². The van der Waals surface area contributed by atoms with E-state index in [1.54, 1.807) is 7.11 Å². The van der Waals surface area contributed by atoms with Gasteiger partial charge in [-0.2, -0.15) is 0 Å². The number of rotatable bonds is 5. The van der Waals surface area contributed by atoms with Gasteiger partial charge in [-0.25, -0.2) is 0 Å². The van der Waals surface area contributed by atoms with Crippen molar-refractivity contribution in [1.29, 1.82) is 0 Å². The Hall–Kier alpha value is -0.610. The van der Waals surface area contributed by atoms with Gasteiger partial charge >= 0.3 is 0 Å².